The van der Waals surface area contributed by atoms with Crippen LogP contribution in [0.15, 0.2) is 24.5 Å². The summed E-state index contributed by atoms with van der Waals surface area (Å²) < 4.78 is 11.3. The van der Waals surface area contributed by atoms with E-state index >= 15 is 0 Å². The minimum Gasteiger partial charge on any atom is -0.507 e. The third-order valence-corrected chi connectivity index (χ3v) is 6.05. The van der Waals surface area contributed by atoms with Crippen molar-refractivity contribution in [3.05, 3.63) is 41.5 Å². The zero-order chi connectivity index (χ0) is 25.4. The Kier molecular flexibility index (Phi) is 9.13. The summed E-state index contributed by atoms with van der Waals surface area (Å²) in [5.41, 5.74) is 0.455. The van der Waals surface area contributed by atoms with E-state index in [-0.39, 0.29) is 42.9 Å². The Morgan fingerprint density at radius 2 is 1.91 bits per heavy atom. The van der Waals surface area contributed by atoms with Gasteiger partial charge in [-0.15, -0.1) is 0 Å². The quantitative estimate of drug-likeness (QED) is 0.318. The van der Waals surface area contributed by atoms with Crippen LogP contribution >= 0.6 is 0 Å². The highest BCUT2D eigenvalue weighted by Crippen LogP contribution is 2.31. The molecule has 0 spiro atoms. The number of phenols is 1. The highest BCUT2D eigenvalue weighted by atomic mass is 16.5. The minimum absolute atomic E-state index is 0.0132. The molecule has 0 radical (unpaired) electrons. The number of benzene rings is 1. The number of hydrogen-bond donors (Lipinski definition) is 3. The van der Waals surface area contributed by atoms with Gasteiger partial charge in [-0.1, -0.05) is 6.92 Å². The Balaban J connectivity index is 1.74. The lowest BCUT2D eigenvalue weighted by atomic mass is 9.94. The monoisotopic (exact) mass is 485 g/mol. The van der Waals surface area contributed by atoms with Crippen LogP contribution in [-0.4, -0.2) is 57.6 Å². The number of nitrogens with one attached hydrogen (secondary N) is 2. The van der Waals surface area contributed by atoms with Crippen LogP contribution in [0.3, 0.4) is 0 Å². The zero-order valence-corrected chi connectivity index (χ0v) is 20.0. The van der Waals surface area contributed by atoms with Gasteiger partial charge in [0.2, 0.25) is 11.6 Å². The van der Waals surface area contributed by atoms with Crippen molar-refractivity contribution in [1.29, 1.82) is 0 Å². The van der Waals surface area contributed by atoms with Crippen LogP contribution in [0, 0.1) is 5.92 Å². The summed E-state index contributed by atoms with van der Waals surface area (Å²) >= 11 is 0. The topological polar surface area (TPSA) is 148 Å². The molecule has 3 rings (SSSR count). The van der Waals surface area contributed by atoms with Gasteiger partial charge in [-0.2, -0.15) is 0 Å². The van der Waals surface area contributed by atoms with E-state index in [1.54, 1.807) is 32.3 Å². The summed E-state index contributed by atoms with van der Waals surface area (Å²) in [6.07, 6.45) is 3.36. The number of ketones is 3. The fourth-order valence-electron chi connectivity index (χ4n) is 3.77. The summed E-state index contributed by atoms with van der Waals surface area (Å²) in [6, 6.07) is 2.98. The Labute approximate surface area is 203 Å². The van der Waals surface area contributed by atoms with Crippen molar-refractivity contribution in [3.63, 3.8) is 0 Å². The number of aromatic hydroxyl groups is 1. The van der Waals surface area contributed by atoms with Crippen molar-refractivity contribution in [1.82, 2.24) is 15.3 Å². The lowest BCUT2D eigenvalue weighted by Gasteiger charge is -2.22. The Hall–Kier alpha value is -3.53. The van der Waals surface area contributed by atoms with Gasteiger partial charge in [0.05, 0.1) is 6.54 Å². The number of cyclic esters (lactones) is 1. The number of fused-ring (bicyclic) bond motifs is 1. The number of hydrogen-bond acceptors (Lipinski definition) is 9. The number of carbonyl (C=O) groups excluding carboxylic acids is 4. The van der Waals surface area contributed by atoms with Crippen LogP contribution in [0.5, 0.6) is 11.5 Å². The van der Waals surface area contributed by atoms with Gasteiger partial charge in [0.15, 0.2) is 0 Å². The molecule has 1 aliphatic rings. The third kappa shape index (κ3) is 7.22. The molecule has 0 amide bonds. The van der Waals surface area contributed by atoms with Crippen molar-refractivity contribution in [3.8, 4) is 11.5 Å². The van der Waals surface area contributed by atoms with Crippen molar-refractivity contribution < 1.29 is 33.8 Å². The minimum atomic E-state index is -0.985. The summed E-state index contributed by atoms with van der Waals surface area (Å²) in [6.45, 7) is 4.84. The number of esters is 1. The molecule has 0 bridgehead atoms. The van der Waals surface area contributed by atoms with Crippen molar-refractivity contribution in [2.45, 2.75) is 58.6 Å². The number of aromatic amines is 1. The molecule has 1 aromatic heterocycles. The first-order chi connectivity index (χ1) is 16.8. The maximum atomic E-state index is 12.9. The maximum absolute atomic E-state index is 12.9. The van der Waals surface area contributed by atoms with E-state index in [4.69, 9.17) is 9.47 Å². The second kappa shape index (κ2) is 12.3. The second-order valence-electron chi connectivity index (χ2n) is 8.69. The number of H-pyrrole nitrogens is 1. The highest BCUT2D eigenvalue weighted by Gasteiger charge is 2.27. The van der Waals surface area contributed by atoms with Gasteiger partial charge in [-0.05, 0) is 43.7 Å². The Morgan fingerprint density at radius 3 is 2.66 bits per heavy atom. The molecule has 188 valence electrons. The molecule has 3 N–H and O–H groups in total. The van der Waals surface area contributed by atoms with E-state index < -0.39 is 29.4 Å². The van der Waals surface area contributed by atoms with Gasteiger partial charge in [0.25, 0.3) is 5.78 Å². The average molecular weight is 486 g/mol. The van der Waals surface area contributed by atoms with Crippen LogP contribution < -0.4 is 10.1 Å². The molecule has 2 atom stereocenters. The predicted octanol–water partition coefficient (Wildman–Crippen LogP) is 2.29. The molecule has 0 saturated carbocycles. The number of Topliss-reactive ketones (excluding diaryl/α,β-unsaturated/α-hetero) is 3. The first-order valence-corrected chi connectivity index (χ1v) is 11.7. The first-order valence-electron chi connectivity index (χ1n) is 11.7. The lowest BCUT2D eigenvalue weighted by molar-refractivity contribution is -0.144. The number of rotatable bonds is 6. The molecule has 0 aliphatic carbocycles. The van der Waals surface area contributed by atoms with Crippen molar-refractivity contribution in [2.75, 3.05) is 13.2 Å². The first kappa shape index (κ1) is 26.1. The van der Waals surface area contributed by atoms with Gasteiger partial charge >= 0.3 is 5.97 Å². The normalized spacial score (nSPS) is 20.2. The molecule has 1 aliphatic heterocycles. The van der Waals surface area contributed by atoms with Gasteiger partial charge < -0.3 is 24.9 Å². The molecule has 1 aromatic carbocycles. The SMILES string of the molecule is C[C@@H]1CCC(=O)C(=O)C(=O)CCCc2cc(OCCNCc3ncc[nH]3)cc(O)c2C(=O)O[C@H]1C. The molecule has 0 saturated heterocycles. The molecular formula is C25H31N3O7. The third-order valence-electron chi connectivity index (χ3n) is 6.05. The van der Waals surface area contributed by atoms with Crippen LogP contribution in [-0.2, 0) is 32.1 Å². The Morgan fingerprint density at radius 1 is 1.14 bits per heavy atom. The fourth-order valence-corrected chi connectivity index (χ4v) is 3.77. The molecule has 2 heterocycles. The van der Waals surface area contributed by atoms with Gasteiger partial charge in [0, 0.05) is 37.8 Å². The van der Waals surface area contributed by atoms with E-state index in [2.05, 4.69) is 15.3 Å². The smallest absolute Gasteiger partial charge is 0.342 e. The zero-order valence-electron chi connectivity index (χ0n) is 20.0. The van der Waals surface area contributed by atoms with Crippen LogP contribution in [0.1, 0.15) is 61.3 Å². The summed E-state index contributed by atoms with van der Waals surface area (Å²) in [5, 5.41) is 13.8. The lowest BCUT2D eigenvalue weighted by Crippen LogP contribution is -2.27. The number of phenolic OH excluding ortho intramolecular Hbond substituents is 1. The van der Waals surface area contributed by atoms with E-state index in [9.17, 15) is 24.3 Å². The van der Waals surface area contributed by atoms with E-state index in [1.807, 2.05) is 0 Å². The molecule has 10 heteroatoms. The van der Waals surface area contributed by atoms with Gasteiger partial charge in [-0.3, -0.25) is 14.4 Å². The average Bonchev–Trinajstić information content (AvgIpc) is 3.34. The highest BCUT2D eigenvalue weighted by molar-refractivity contribution is 6.63. The predicted molar refractivity (Wildman–Crippen MR) is 125 cm³/mol. The Bertz CT molecular complexity index is 1070. The van der Waals surface area contributed by atoms with E-state index in [0.717, 1.165) is 5.82 Å². The van der Waals surface area contributed by atoms with Gasteiger partial charge in [0.1, 0.15) is 35.6 Å². The maximum Gasteiger partial charge on any atom is 0.342 e. The summed E-state index contributed by atoms with van der Waals surface area (Å²) in [5.74, 6) is -2.48. The van der Waals surface area contributed by atoms with E-state index in [1.165, 1.54) is 6.07 Å². The molecule has 0 fully saturated rings. The molecule has 0 unspecified atom stereocenters. The molecule has 2 aromatic rings. The van der Waals surface area contributed by atoms with Gasteiger partial charge in [-0.25, -0.2) is 9.78 Å². The summed E-state index contributed by atoms with van der Waals surface area (Å²) in [4.78, 5) is 56.4. The van der Waals surface area contributed by atoms with Crippen molar-refractivity contribution in [2.24, 2.45) is 5.92 Å². The molecule has 35 heavy (non-hydrogen) atoms. The molecule has 10 nitrogen and oxygen atoms in total. The number of carbonyl (C=O) groups is 4. The largest absolute Gasteiger partial charge is 0.507 e. The number of nitrogens with zero attached hydrogens (tertiary/aromatic N) is 1. The molecular weight excluding hydrogens is 454 g/mol. The standard InChI is InChI=1S/C25H31N3O7/c1-15-6-7-20(30)24(32)19(29)5-3-4-17-12-18(13-21(31)23(17)25(33)35-16(15)2)34-11-10-26-14-22-27-8-9-28-22/h8-9,12-13,15-16,26,31H,3-7,10-11,14H2,1-2H3,(H,27,28)/t15-,16+/m1/s1. The van der Waals surface area contributed by atoms with Crippen molar-refractivity contribution >= 4 is 23.3 Å². The number of aromatic nitrogens is 2. The van der Waals surface area contributed by atoms with E-state index in [0.29, 0.717) is 37.4 Å². The second-order valence-corrected chi connectivity index (χ2v) is 8.69. The fraction of sp³-hybridized carbons (Fsp3) is 0.480. The van der Waals surface area contributed by atoms with Crippen LogP contribution in [0.2, 0.25) is 0 Å². The van der Waals surface area contributed by atoms with Crippen LogP contribution in [0.4, 0.5) is 0 Å². The van der Waals surface area contributed by atoms with Crippen LogP contribution in [0.25, 0.3) is 0 Å². The number of aryl methyl sites for hydroxylation is 1. The number of imidazole rings is 1. The number of ether oxygens (including phenoxy) is 2. The summed E-state index contributed by atoms with van der Waals surface area (Å²) in [7, 11) is 0.